The normalized spacial score (nSPS) is 10.0. The molecule has 2 rings (SSSR count). The minimum atomic E-state index is -0.550. The fraction of sp³-hybridized carbons (Fsp3) is 0.0667. The quantitative estimate of drug-likeness (QED) is 0.486. The average Bonchev–Trinajstić information content (AvgIpc) is 2.39. The molecule has 0 aliphatic carbocycles. The lowest BCUT2D eigenvalue weighted by Gasteiger charge is -2.06. The van der Waals surface area contributed by atoms with Crippen molar-refractivity contribution in [3.05, 3.63) is 64.7 Å². The van der Waals surface area contributed by atoms with Crippen LogP contribution in [0.5, 0.6) is 5.75 Å². The smallest absolute Gasteiger partial charge is 0.345 e. The van der Waals surface area contributed by atoms with E-state index in [1.807, 2.05) is 0 Å². The minimum absolute atomic E-state index is 0.0874. The number of carbonyl (C=O) groups excluding carboxylic acids is 2. The van der Waals surface area contributed by atoms with Gasteiger partial charge in [-0.3, -0.25) is 4.79 Å². The summed E-state index contributed by atoms with van der Waals surface area (Å²) >= 11 is 5.91. The molecular weight excluding hydrogens is 264 g/mol. The second-order valence-electron chi connectivity index (χ2n) is 3.95. The van der Waals surface area contributed by atoms with E-state index in [2.05, 4.69) is 0 Å². The Morgan fingerprint density at radius 2 is 1.79 bits per heavy atom. The van der Waals surface area contributed by atoms with Gasteiger partial charge in [-0.25, -0.2) is 4.79 Å². The average molecular weight is 275 g/mol. The second kappa shape index (κ2) is 5.67. The molecule has 19 heavy (non-hydrogen) atoms. The molecule has 0 bridgehead atoms. The van der Waals surface area contributed by atoms with Gasteiger partial charge in [0, 0.05) is 5.56 Å². The van der Waals surface area contributed by atoms with Crippen LogP contribution in [0.25, 0.3) is 0 Å². The van der Waals surface area contributed by atoms with Gasteiger partial charge in [0.05, 0.1) is 10.6 Å². The molecule has 0 spiro atoms. The number of hydrogen-bond acceptors (Lipinski definition) is 3. The van der Waals surface area contributed by atoms with Crippen LogP contribution in [0.1, 0.15) is 27.6 Å². The van der Waals surface area contributed by atoms with Crippen molar-refractivity contribution in [3.63, 3.8) is 0 Å². The Hall–Kier alpha value is -2.13. The van der Waals surface area contributed by atoms with Crippen molar-refractivity contribution in [2.75, 3.05) is 0 Å². The number of esters is 1. The highest BCUT2D eigenvalue weighted by molar-refractivity contribution is 6.33. The van der Waals surface area contributed by atoms with E-state index >= 15 is 0 Å². The Bertz CT molecular complexity index is 635. The van der Waals surface area contributed by atoms with Crippen LogP contribution in [-0.2, 0) is 0 Å². The first-order chi connectivity index (χ1) is 9.08. The van der Waals surface area contributed by atoms with Crippen molar-refractivity contribution in [1.82, 2.24) is 0 Å². The lowest BCUT2D eigenvalue weighted by Crippen LogP contribution is -2.09. The van der Waals surface area contributed by atoms with Crippen molar-refractivity contribution >= 4 is 23.4 Å². The van der Waals surface area contributed by atoms with Gasteiger partial charge in [0.2, 0.25) is 0 Å². The zero-order chi connectivity index (χ0) is 13.8. The number of hydrogen-bond donors (Lipinski definition) is 0. The van der Waals surface area contributed by atoms with Gasteiger partial charge in [-0.05, 0) is 31.2 Å². The zero-order valence-corrected chi connectivity index (χ0v) is 11.0. The van der Waals surface area contributed by atoms with Crippen LogP contribution in [0.3, 0.4) is 0 Å². The van der Waals surface area contributed by atoms with E-state index in [9.17, 15) is 9.59 Å². The third kappa shape index (κ3) is 3.20. The lowest BCUT2D eigenvalue weighted by atomic mass is 10.1. The van der Waals surface area contributed by atoms with Crippen LogP contribution in [0.15, 0.2) is 48.5 Å². The molecule has 2 aromatic rings. The molecule has 0 aliphatic heterocycles. The van der Waals surface area contributed by atoms with Crippen LogP contribution in [-0.4, -0.2) is 11.8 Å². The van der Waals surface area contributed by atoms with Crippen molar-refractivity contribution in [1.29, 1.82) is 0 Å². The van der Waals surface area contributed by atoms with Gasteiger partial charge in [-0.15, -0.1) is 0 Å². The number of benzene rings is 2. The number of carbonyl (C=O) groups is 2. The zero-order valence-electron chi connectivity index (χ0n) is 10.2. The second-order valence-corrected chi connectivity index (χ2v) is 4.36. The Kier molecular flexibility index (Phi) is 3.97. The van der Waals surface area contributed by atoms with Gasteiger partial charge in [-0.2, -0.15) is 0 Å². The molecule has 0 N–H and O–H groups in total. The van der Waals surface area contributed by atoms with Gasteiger partial charge >= 0.3 is 5.97 Å². The van der Waals surface area contributed by atoms with E-state index in [-0.39, 0.29) is 11.3 Å². The first-order valence-corrected chi connectivity index (χ1v) is 6.03. The molecular formula is C15H11ClO3. The van der Waals surface area contributed by atoms with Gasteiger partial charge in [0.25, 0.3) is 0 Å². The largest absolute Gasteiger partial charge is 0.423 e. The fourth-order valence-electron chi connectivity index (χ4n) is 1.57. The fourth-order valence-corrected chi connectivity index (χ4v) is 1.78. The number of ketones is 1. The molecule has 0 aliphatic rings. The topological polar surface area (TPSA) is 43.4 Å². The highest BCUT2D eigenvalue weighted by atomic mass is 35.5. The maximum absolute atomic E-state index is 11.9. The van der Waals surface area contributed by atoms with Crippen LogP contribution in [0, 0.1) is 0 Å². The summed E-state index contributed by atoms with van der Waals surface area (Å²) in [4.78, 5) is 23.2. The third-order valence-corrected chi connectivity index (χ3v) is 2.87. The first kappa shape index (κ1) is 13.3. The Morgan fingerprint density at radius 3 is 2.47 bits per heavy atom. The third-order valence-electron chi connectivity index (χ3n) is 2.54. The molecule has 0 heterocycles. The van der Waals surface area contributed by atoms with Gasteiger partial charge < -0.3 is 4.74 Å². The van der Waals surface area contributed by atoms with Crippen LogP contribution < -0.4 is 4.74 Å². The maximum Gasteiger partial charge on any atom is 0.345 e. The van der Waals surface area contributed by atoms with E-state index in [4.69, 9.17) is 16.3 Å². The lowest BCUT2D eigenvalue weighted by molar-refractivity contribution is 0.0734. The predicted octanol–water partition coefficient (Wildman–Crippen LogP) is 3.76. The maximum atomic E-state index is 11.9. The van der Waals surface area contributed by atoms with Gasteiger partial charge in [0.15, 0.2) is 5.78 Å². The summed E-state index contributed by atoms with van der Waals surface area (Å²) < 4.78 is 5.20. The molecule has 0 saturated heterocycles. The number of ether oxygens (including phenoxy) is 1. The molecule has 2 aromatic carbocycles. The van der Waals surface area contributed by atoms with Crippen molar-refractivity contribution < 1.29 is 14.3 Å². The van der Waals surface area contributed by atoms with Crippen molar-refractivity contribution in [3.8, 4) is 5.75 Å². The standard InChI is InChI=1S/C15H11ClO3/c1-10(17)11-5-4-6-12(9-11)19-15(18)13-7-2-3-8-14(13)16/h2-9H,1H3. The molecule has 0 unspecified atom stereocenters. The molecule has 4 heteroatoms. The highest BCUT2D eigenvalue weighted by Crippen LogP contribution is 2.19. The van der Waals surface area contributed by atoms with E-state index in [1.165, 1.54) is 13.0 Å². The molecule has 96 valence electrons. The highest BCUT2D eigenvalue weighted by Gasteiger charge is 2.12. The minimum Gasteiger partial charge on any atom is -0.423 e. The van der Waals surface area contributed by atoms with E-state index in [1.54, 1.807) is 42.5 Å². The summed E-state index contributed by atoms with van der Waals surface area (Å²) in [7, 11) is 0. The molecule has 0 saturated carbocycles. The molecule has 0 atom stereocenters. The Labute approximate surface area is 115 Å². The molecule has 0 aromatic heterocycles. The Morgan fingerprint density at radius 1 is 1.05 bits per heavy atom. The van der Waals surface area contributed by atoms with Crippen LogP contribution in [0.2, 0.25) is 5.02 Å². The summed E-state index contributed by atoms with van der Waals surface area (Å²) in [6.07, 6.45) is 0. The van der Waals surface area contributed by atoms with Gasteiger partial charge in [-0.1, -0.05) is 35.9 Å². The number of rotatable bonds is 3. The van der Waals surface area contributed by atoms with Gasteiger partial charge in [0.1, 0.15) is 5.75 Å². The van der Waals surface area contributed by atoms with Crippen LogP contribution >= 0.6 is 11.6 Å². The van der Waals surface area contributed by atoms with E-state index in [0.717, 1.165) is 0 Å². The summed E-state index contributed by atoms with van der Waals surface area (Å²) in [5, 5.41) is 0.329. The Balaban J connectivity index is 2.22. The first-order valence-electron chi connectivity index (χ1n) is 5.65. The SMILES string of the molecule is CC(=O)c1cccc(OC(=O)c2ccccc2Cl)c1. The number of halogens is 1. The summed E-state index contributed by atoms with van der Waals surface area (Å²) in [6, 6.07) is 13.1. The summed E-state index contributed by atoms with van der Waals surface area (Å²) in [5.41, 5.74) is 0.779. The molecule has 0 fully saturated rings. The summed E-state index contributed by atoms with van der Waals surface area (Å²) in [6.45, 7) is 1.45. The van der Waals surface area contributed by atoms with Crippen molar-refractivity contribution in [2.45, 2.75) is 6.92 Å². The van der Waals surface area contributed by atoms with E-state index < -0.39 is 5.97 Å². The predicted molar refractivity (Wildman–Crippen MR) is 72.9 cm³/mol. The van der Waals surface area contributed by atoms with Crippen molar-refractivity contribution in [2.24, 2.45) is 0 Å². The van der Waals surface area contributed by atoms with E-state index in [0.29, 0.717) is 16.3 Å². The molecule has 0 radical (unpaired) electrons. The molecule has 0 amide bonds. The van der Waals surface area contributed by atoms with Crippen LogP contribution in [0.4, 0.5) is 0 Å². The summed E-state index contributed by atoms with van der Waals surface area (Å²) in [5.74, 6) is -0.320. The molecule has 3 nitrogen and oxygen atoms in total. The monoisotopic (exact) mass is 274 g/mol. The number of Topliss-reactive ketones (excluding diaryl/α,β-unsaturated/α-hetero) is 1.